The minimum atomic E-state index is -10.7. The van der Waals surface area contributed by atoms with E-state index >= 15 is 0 Å². The Morgan fingerprint density at radius 2 is 0.442 bits per heavy atom. The zero-order valence-corrected chi connectivity index (χ0v) is 51.1. The first-order valence-electron chi connectivity index (χ1n) is 25.0. The van der Waals surface area contributed by atoms with Gasteiger partial charge in [0.1, 0.15) is 0 Å². The largest absolute Gasteiger partial charge is 4.00 e. The van der Waals surface area contributed by atoms with E-state index in [9.17, 15) is 50.4 Å². The van der Waals surface area contributed by atoms with Crippen molar-refractivity contribution in [3.63, 3.8) is 0 Å². The summed E-state index contributed by atoms with van der Waals surface area (Å²) in [5.41, 5.74) is 9.08. The Balaban J connectivity index is 0.000000643. The summed E-state index contributed by atoms with van der Waals surface area (Å²) in [6.07, 6.45) is 11.2. The average Bonchev–Trinajstić information content (AvgIpc) is 3.14. The molecule has 0 aliphatic carbocycles. The van der Waals surface area contributed by atoms with Crippen molar-refractivity contribution in [3.8, 4) is 0 Å². The summed E-state index contributed by atoms with van der Waals surface area (Å²) in [6, 6.07) is 57.9. The number of isothiocyanates is 2. The number of halogens is 12. The van der Waals surface area contributed by atoms with Gasteiger partial charge in [-0.1, -0.05) is 121 Å². The number of hydrogen-bond donors (Lipinski definition) is 0. The Hall–Kier alpha value is -6.16. The molecule has 86 heavy (non-hydrogen) atoms. The van der Waals surface area contributed by atoms with E-state index in [1.54, 1.807) is 0 Å². The monoisotopic (exact) mass is 1360 g/mol. The molecule has 30 heteroatoms. The molecule has 0 radical (unpaired) electrons. The van der Waals surface area contributed by atoms with Crippen LogP contribution in [0.2, 0.25) is 0 Å². The molecule has 0 spiro atoms. The molecule has 6 aromatic heterocycles. The van der Waals surface area contributed by atoms with E-state index in [0.717, 1.165) is 113 Å². The fourth-order valence-corrected chi connectivity index (χ4v) is 7.43. The Bertz CT molecular complexity index is 2560. The van der Waals surface area contributed by atoms with Gasteiger partial charge in [-0.15, -0.1) is 0 Å². The van der Waals surface area contributed by atoms with Gasteiger partial charge in [0.15, 0.2) is 0 Å². The van der Waals surface area contributed by atoms with Crippen LogP contribution in [0.3, 0.4) is 0 Å². The van der Waals surface area contributed by atoms with E-state index in [4.69, 9.17) is 10.8 Å². The molecule has 0 unspecified atom stereocenters. The van der Waals surface area contributed by atoms with Gasteiger partial charge in [0, 0.05) is 116 Å². The fourth-order valence-electron chi connectivity index (χ4n) is 7.43. The number of benzene rings is 2. The van der Waals surface area contributed by atoms with Crippen LogP contribution in [0.1, 0.15) is 45.3 Å². The van der Waals surface area contributed by atoms with Crippen molar-refractivity contribution in [2.24, 2.45) is 0 Å². The van der Waals surface area contributed by atoms with Crippen LogP contribution < -0.4 is 0 Å². The maximum absolute atomic E-state index is 10.7. The van der Waals surface area contributed by atoms with E-state index in [1.807, 2.05) is 97.8 Å². The van der Waals surface area contributed by atoms with Crippen molar-refractivity contribution in [1.29, 1.82) is 0 Å². The van der Waals surface area contributed by atoms with Crippen LogP contribution in [0.4, 0.5) is 50.4 Å². The molecule has 0 amide bonds. The Kier molecular flexibility index (Phi) is 33.4. The van der Waals surface area contributed by atoms with E-state index in [0.29, 0.717) is 0 Å². The van der Waals surface area contributed by atoms with Crippen molar-refractivity contribution in [1.82, 2.24) is 49.5 Å². The first-order chi connectivity index (χ1) is 39.4. The summed E-state index contributed by atoms with van der Waals surface area (Å²) in [5, 5.41) is 16.9. The predicted molar refractivity (Wildman–Crippen MR) is 314 cm³/mol. The van der Waals surface area contributed by atoms with Gasteiger partial charge >= 0.3 is 100 Å². The summed E-state index contributed by atoms with van der Waals surface area (Å²) < 4.78 is 118. The van der Waals surface area contributed by atoms with E-state index in [-0.39, 0.29) is 34.1 Å². The third-order valence-corrected chi connectivity index (χ3v) is 10.6. The predicted octanol–water partition coefficient (Wildman–Crippen LogP) is 17.2. The molecule has 0 N–H and O–H groups in total. The van der Waals surface area contributed by atoms with E-state index in [2.05, 4.69) is 183 Å². The molecule has 0 aliphatic heterocycles. The summed E-state index contributed by atoms with van der Waals surface area (Å²) in [5.74, 6) is 0. The number of rotatable bonds is 22. The molecule has 0 saturated heterocycles. The third-order valence-electron chi connectivity index (χ3n) is 10.6. The number of nitrogens with zero attached hydrogens (tertiary/aromatic N) is 12. The minimum Gasteiger partial charge on any atom is -0.753 e. The zero-order valence-electron chi connectivity index (χ0n) is 45.4. The molecular weight excluding hydrogens is 1310 g/mol. The average molecular weight is 1360 g/mol. The quantitative estimate of drug-likeness (QED) is 0.0210. The molecule has 460 valence electrons. The first-order valence-corrected chi connectivity index (χ1v) is 29.8. The van der Waals surface area contributed by atoms with Crippen molar-refractivity contribution >= 4 is 50.4 Å². The second-order valence-electron chi connectivity index (χ2n) is 17.8. The number of hydrogen-bond acceptors (Lipinski definition) is 12. The molecule has 6 heterocycles. The normalized spacial score (nSPS) is 12.3. The van der Waals surface area contributed by atoms with Crippen LogP contribution in [0.5, 0.6) is 0 Å². The van der Waals surface area contributed by atoms with Crippen LogP contribution in [0.15, 0.2) is 207 Å². The summed E-state index contributed by atoms with van der Waals surface area (Å²) in [6.45, 7) is 10.2. The zero-order chi connectivity index (χ0) is 61.9. The summed E-state index contributed by atoms with van der Waals surface area (Å²) in [4.78, 5) is 37.0. The second kappa shape index (κ2) is 36.9. The maximum atomic E-state index is 9.87. The van der Waals surface area contributed by atoms with Gasteiger partial charge in [0.05, 0.1) is 34.2 Å². The van der Waals surface area contributed by atoms with Crippen LogP contribution >= 0.6 is 40.1 Å². The fraction of sp³-hybridized carbons (Fsp3) is 0.214. The molecule has 0 saturated carbocycles. The van der Waals surface area contributed by atoms with Crippen molar-refractivity contribution < 1.29 is 84.5 Å². The number of thiocarbonyl (C=S) groups is 2. The third kappa shape index (κ3) is 46.1. The van der Waals surface area contributed by atoms with Crippen molar-refractivity contribution in [3.05, 3.63) is 263 Å². The van der Waals surface area contributed by atoms with Gasteiger partial charge in [-0.05, 0) is 83.9 Å². The van der Waals surface area contributed by atoms with Gasteiger partial charge < -0.3 is 10.8 Å². The second-order valence-corrected chi connectivity index (χ2v) is 22.0. The molecule has 0 atom stereocenters. The maximum Gasteiger partial charge on any atom is 4.00 e. The van der Waals surface area contributed by atoms with Crippen LogP contribution in [-0.2, 0) is 86.5 Å². The SMILES string of the molecule is F[P-](F)(F)(F)(F)F.F[P-](F)(F)(F)(F)F.[Fe+4].[Fe+4].[N-]=C=S.[N-]=C=S.c1ccc(CN(CCN(Cc2ccccn2)Cc2ccccn2)Cc2ccccn2)cc1.c1ccc(CN(CCN(Cc2ccccn2)Cc2ccccn2)Cc2ccccn2)cc1. The minimum absolute atomic E-state index is 0. The molecule has 0 fully saturated rings. The van der Waals surface area contributed by atoms with E-state index in [1.165, 1.54) is 21.4 Å². The number of aromatic nitrogens is 6. The standard InChI is InChI=1S/2C27H29N5.2CNS.2F6P.2Fe/c2*1-2-10-24(11-3-1)20-31(21-25-12-4-7-15-28-25)18-19-32(22-26-13-5-8-16-29-26)23-27-14-6-9-17-30-27;2*2-1-3;2*1-7(2,3,4,5)6;;/h2*1-17H,18-23H2;;;;;;/q;;4*-1;2*+4. The molecule has 0 aliphatic rings. The van der Waals surface area contributed by atoms with E-state index < -0.39 is 15.6 Å². The smallest absolute Gasteiger partial charge is 0.753 e. The Labute approximate surface area is 523 Å². The molecular formula is C56H58F12Fe2N12P2S2+4. The van der Waals surface area contributed by atoms with Crippen molar-refractivity contribution in [2.75, 3.05) is 26.2 Å². The van der Waals surface area contributed by atoms with Gasteiger partial charge in [0.2, 0.25) is 0 Å². The molecule has 8 aromatic rings. The van der Waals surface area contributed by atoms with Gasteiger partial charge in [-0.2, -0.15) is 10.3 Å². The van der Waals surface area contributed by atoms with Gasteiger partial charge in [-0.3, -0.25) is 49.5 Å². The molecule has 0 bridgehead atoms. The Morgan fingerprint density at radius 3 is 0.593 bits per heavy atom. The summed E-state index contributed by atoms with van der Waals surface area (Å²) >= 11 is 7.40. The van der Waals surface area contributed by atoms with Gasteiger partial charge in [-0.25, -0.2) is 0 Å². The molecule has 2 aromatic carbocycles. The first kappa shape index (κ1) is 77.9. The van der Waals surface area contributed by atoms with Gasteiger partial charge in [0.25, 0.3) is 0 Å². The number of pyridine rings is 6. The van der Waals surface area contributed by atoms with Crippen LogP contribution in [-0.4, -0.2) is 86.0 Å². The Morgan fingerprint density at radius 1 is 0.291 bits per heavy atom. The topological polar surface area (TPSA) is 135 Å². The van der Waals surface area contributed by atoms with Crippen LogP contribution in [0, 0.1) is 0 Å². The molecule has 8 rings (SSSR count). The summed E-state index contributed by atoms with van der Waals surface area (Å²) in [7, 11) is -21.3. The van der Waals surface area contributed by atoms with Crippen molar-refractivity contribution in [2.45, 2.75) is 52.4 Å². The molecule has 12 nitrogen and oxygen atoms in total. The van der Waals surface area contributed by atoms with Crippen LogP contribution in [0.25, 0.3) is 10.8 Å².